The van der Waals surface area contributed by atoms with Gasteiger partial charge in [0.2, 0.25) is 5.91 Å². The minimum atomic E-state index is -1.13. The summed E-state index contributed by atoms with van der Waals surface area (Å²) in [5, 5.41) is 8.26. The molecule has 1 N–H and O–H groups in total. The van der Waals surface area contributed by atoms with Gasteiger partial charge in [-0.05, 0) is 61.6 Å². The van der Waals surface area contributed by atoms with Gasteiger partial charge in [0.25, 0.3) is 5.91 Å². The molecule has 0 spiro atoms. The van der Waals surface area contributed by atoms with Crippen molar-refractivity contribution in [2.45, 2.75) is 38.8 Å². The van der Waals surface area contributed by atoms with Crippen LogP contribution in [0, 0.1) is 5.82 Å². The molecule has 2 amide bonds. The van der Waals surface area contributed by atoms with Crippen LogP contribution in [-0.4, -0.2) is 31.9 Å². The van der Waals surface area contributed by atoms with Crippen LogP contribution >= 0.6 is 11.5 Å². The van der Waals surface area contributed by atoms with E-state index < -0.39 is 29.2 Å². The fourth-order valence-corrected chi connectivity index (χ4v) is 3.28. The average Bonchev–Trinajstić information content (AvgIpc) is 3.27. The molecule has 0 fully saturated rings. The molecule has 30 heavy (non-hydrogen) atoms. The lowest BCUT2D eigenvalue weighted by atomic mass is 9.98. The lowest BCUT2D eigenvalue weighted by Gasteiger charge is -2.34. The highest BCUT2D eigenvalue weighted by molar-refractivity contribution is 7.03. The van der Waals surface area contributed by atoms with Crippen molar-refractivity contribution in [3.05, 3.63) is 71.2 Å². The maximum Gasteiger partial charge on any atom is 0.280 e. The number of halogens is 1. The summed E-state index contributed by atoms with van der Waals surface area (Å²) in [6.07, 6.45) is 3.72. The molecule has 9 heteroatoms. The van der Waals surface area contributed by atoms with E-state index in [1.807, 2.05) is 20.8 Å². The molecule has 2 heterocycles. The number of hydrogen-bond donors (Lipinski definition) is 1. The second-order valence-corrected chi connectivity index (χ2v) is 7.94. The van der Waals surface area contributed by atoms with Crippen molar-refractivity contribution in [3.63, 3.8) is 0 Å². The number of aromatic nitrogens is 3. The molecule has 0 saturated heterocycles. The van der Waals surface area contributed by atoms with Gasteiger partial charge < -0.3 is 5.32 Å². The van der Waals surface area contributed by atoms with E-state index in [0.29, 0.717) is 12.0 Å². The number of para-hydroxylation sites is 1. The van der Waals surface area contributed by atoms with Crippen molar-refractivity contribution < 1.29 is 14.0 Å². The number of rotatable bonds is 7. The SMILES string of the molecule is CCC(C)(C)NC(=O)C(c1ccncc1)N(C(=O)c1csnn1)c1ccccc1F. The van der Waals surface area contributed by atoms with Crippen LogP contribution in [0.15, 0.2) is 54.2 Å². The number of benzene rings is 1. The molecule has 3 rings (SSSR count). The van der Waals surface area contributed by atoms with E-state index in [1.54, 1.807) is 18.2 Å². The number of anilines is 1. The van der Waals surface area contributed by atoms with E-state index in [9.17, 15) is 14.0 Å². The Kier molecular flexibility index (Phi) is 6.51. The molecule has 156 valence electrons. The van der Waals surface area contributed by atoms with Gasteiger partial charge >= 0.3 is 0 Å². The number of amides is 2. The Morgan fingerprint density at radius 1 is 1.20 bits per heavy atom. The lowest BCUT2D eigenvalue weighted by molar-refractivity contribution is -0.124. The zero-order valence-corrected chi connectivity index (χ0v) is 17.7. The first-order chi connectivity index (χ1) is 14.3. The highest BCUT2D eigenvalue weighted by Gasteiger charge is 2.37. The van der Waals surface area contributed by atoms with Crippen molar-refractivity contribution in [2.24, 2.45) is 0 Å². The zero-order chi connectivity index (χ0) is 21.7. The van der Waals surface area contributed by atoms with E-state index in [4.69, 9.17) is 0 Å². The van der Waals surface area contributed by atoms with Crippen molar-refractivity contribution in [2.75, 3.05) is 4.90 Å². The Morgan fingerprint density at radius 2 is 1.90 bits per heavy atom. The van der Waals surface area contributed by atoms with Gasteiger partial charge in [-0.25, -0.2) is 4.39 Å². The molecular weight excluding hydrogens is 405 g/mol. The van der Waals surface area contributed by atoms with Crippen LogP contribution in [0.25, 0.3) is 0 Å². The number of carbonyl (C=O) groups is 2. The number of carbonyl (C=O) groups excluding carboxylic acids is 2. The predicted octanol–water partition coefficient (Wildman–Crippen LogP) is 3.77. The van der Waals surface area contributed by atoms with Crippen LogP contribution in [0.4, 0.5) is 10.1 Å². The van der Waals surface area contributed by atoms with Crippen molar-refractivity contribution >= 4 is 29.0 Å². The topological polar surface area (TPSA) is 88.1 Å². The largest absolute Gasteiger partial charge is 0.349 e. The van der Waals surface area contributed by atoms with E-state index in [2.05, 4.69) is 19.9 Å². The van der Waals surface area contributed by atoms with Crippen LogP contribution in [-0.2, 0) is 4.79 Å². The Balaban J connectivity index is 2.17. The Bertz CT molecular complexity index is 1010. The maximum absolute atomic E-state index is 14.8. The summed E-state index contributed by atoms with van der Waals surface area (Å²) in [6.45, 7) is 5.71. The molecule has 0 aliphatic carbocycles. The maximum atomic E-state index is 14.8. The molecule has 3 aromatic rings. The third-order valence-electron chi connectivity index (χ3n) is 4.78. The number of hydrogen-bond acceptors (Lipinski definition) is 6. The summed E-state index contributed by atoms with van der Waals surface area (Å²) in [6, 6.07) is 7.95. The van der Waals surface area contributed by atoms with E-state index >= 15 is 0 Å². The molecule has 7 nitrogen and oxygen atoms in total. The van der Waals surface area contributed by atoms with Gasteiger partial charge in [0.15, 0.2) is 5.69 Å². The quantitative estimate of drug-likeness (QED) is 0.620. The summed E-state index contributed by atoms with van der Waals surface area (Å²) in [7, 11) is 0. The molecule has 0 aliphatic rings. The monoisotopic (exact) mass is 427 g/mol. The molecule has 2 aromatic heterocycles. The summed E-state index contributed by atoms with van der Waals surface area (Å²) in [4.78, 5) is 31.9. The van der Waals surface area contributed by atoms with Crippen LogP contribution in [0.1, 0.15) is 49.3 Å². The molecular formula is C21H22FN5O2S. The molecule has 0 aliphatic heterocycles. The predicted molar refractivity (Wildman–Crippen MR) is 113 cm³/mol. The summed E-state index contributed by atoms with van der Waals surface area (Å²) >= 11 is 1.00. The number of nitrogens with one attached hydrogen (secondary N) is 1. The molecule has 0 bridgehead atoms. The highest BCUT2D eigenvalue weighted by atomic mass is 32.1. The van der Waals surface area contributed by atoms with E-state index in [0.717, 1.165) is 16.4 Å². The third kappa shape index (κ3) is 4.68. The fraction of sp³-hybridized carbons (Fsp3) is 0.286. The zero-order valence-electron chi connectivity index (χ0n) is 16.9. The minimum Gasteiger partial charge on any atom is -0.349 e. The Morgan fingerprint density at radius 3 is 2.50 bits per heavy atom. The van der Waals surface area contributed by atoms with Crippen molar-refractivity contribution in [1.29, 1.82) is 0 Å². The van der Waals surface area contributed by atoms with Crippen LogP contribution in [0.5, 0.6) is 0 Å². The smallest absolute Gasteiger partial charge is 0.280 e. The van der Waals surface area contributed by atoms with Crippen molar-refractivity contribution in [3.8, 4) is 0 Å². The molecule has 0 saturated carbocycles. The molecule has 1 aromatic carbocycles. The first-order valence-corrected chi connectivity index (χ1v) is 10.2. The van der Waals surface area contributed by atoms with Crippen LogP contribution in [0.3, 0.4) is 0 Å². The summed E-state index contributed by atoms with van der Waals surface area (Å²) in [5.41, 5.74) is -0.0186. The Labute approximate surface area is 178 Å². The normalized spacial score (nSPS) is 12.3. The van der Waals surface area contributed by atoms with Gasteiger partial charge in [-0.2, -0.15) is 0 Å². The third-order valence-corrected chi connectivity index (χ3v) is 5.29. The summed E-state index contributed by atoms with van der Waals surface area (Å²) < 4.78 is 18.5. The molecule has 1 unspecified atom stereocenters. The number of pyridine rings is 1. The number of nitrogens with zero attached hydrogens (tertiary/aromatic N) is 4. The lowest BCUT2D eigenvalue weighted by Crippen LogP contribution is -2.50. The van der Waals surface area contributed by atoms with Crippen LogP contribution in [0.2, 0.25) is 0 Å². The van der Waals surface area contributed by atoms with E-state index in [1.165, 1.54) is 36.0 Å². The molecule has 0 radical (unpaired) electrons. The van der Waals surface area contributed by atoms with Gasteiger partial charge in [-0.3, -0.25) is 19.5 Å². The van der Waals surface area contributed by atoms with Gasteiger partial charge in [0, 0.05) is 23.3 Å². The standard InChI is InChI=1S/C21H22FN5O2S/c1-4-21(2,3)24-19(28)18(14-9-11-23-12-10-14)27(17-8-6-5-7-15(17)22)20(29)16-13-30-26-25-16/h5-13,18H,4H2,1-3H3,(H,24,28). The average molecular weight is 428 g/mol. The first-order valence-electron chi connectivity index (χ1n) is 9.41. The van der Waals surface area contributed by atoms with E-state index in [-0.39, 0.29) is 11.4 Å². The summed E-state index contributed by atoms with van der Waals surface area (Å²) in [5.74, 6) is -1.69. The van der Waals surface area contributed by atoms with Gasteiger partial charge in [0.05, 0.1) is 5.69 Å². The van der Waals surface area contributed by atoms with Gasteiger partial charge in [0.1, 0.15) is 11.9 Å². The Hall–Kier alpha value is -3.20. The highest BCUT2D eigenvalue weighted by Crippen LogP contribution is 2.31. The second kappa shape index (κ2) is 9.08. The first kappa shape index (κ1) is 21.5. The minimum absolute atomic E-state index is 0.0261. The second-order valence-electron chi connectivity index (χ2n) is 7.33. The van der Waals surface area contributed by atoms with Gasteiger partial charge in [-0.1, -0.05) is 23.5 Å². The van der Waals surface area contributed by atoms with Gasteiger partial charge in [-0.15, -0.1) is 5.10 Å². The van der Waals surface area contributed by atoms with Crippen molar-refractivity contribution in [1.82, 2.24) is 19.9 Å². The molecule has 1 atom stereocenters. The van der Waals surface area contributed by atoms with Crippen LogP contribution < -0.4 is 10.2 Å². The fourth-order valence-electron chi connectivity index (χ4n) is 2.85.